The van der Waals surface area contributed by atoms with E-state index < -0.39 is 17.5 Å². The first kappa shape index (κ1) is 11.8. The third-order valence-electron chi connectivity index (χ3n) is 2.13. The van der Waals surface area contributed by atoms with E-state index >= 15 is 0 Å². The number of H-pyrrole nitrogens is 1. The fraction of sp³-hybridized carbons (Fsp3) is 0.0909. The van der Waals surface area contributed by atoms with Crippen molar-refractivity contribution in [3.8, 4) is 11.4 Å². The van der Waals surface area contributed by atoms with Gasteiger partial charge in [0.05, 0.1) is 0 Å². The normalized spacial score (nSPS) is 10.6. The van der Waals surface area contributed by atoms with Gasteiger partial charge in [-0.1, -0.05) is 12.2 Å². The molecule has 0 unspecified atom stereocenters. The Morgan fingerprint density at radius 1 is 1.12 bits per heavy atom. The van der Waals surface area contributed by atoms with Gasteiger partial charge in [-0.3, -0.25) is 0 Å². The standard InChI is InChI=1S/C11H7F3N2S/c1-5-2-9(17)16-11(15-5)6-3-7(12)10(14)8(13)4-6/h2-4H,1H3,(H,15,16,17). The largest absolute Gasteiger partial charge is 0.343 e. The number of nitrogens with zero attached hydrogens (tertiary/aromatic N) is 1. The summed E-state index contributed by atoms with van der Waals surface area (Å²) >= 11 is 4.89. The van der Waals surface area contributed by atoms with E-state index in [4.69, 9.17) is 12.2 Å². The number of halogens is 3. The lowest BCUT2D eigenvalue weighted by molar-refractivity contribution is 0.447. The molecule has 1 heterocycles. The lowest BCUT2D eigenvalue weighted by atomic mass is 10.2. The van der Waals surface area contributed by atoms with Gasteiger partial charge in [-0.15, -0.1) is 0 Å². The summed E-state index contributed by atoms with van der Waals surface area (Å²) < 4.78 is 39.2. The number of nitrogens with one attached hydrogen (secondary N) is 1. The first-order chi connectivity index (χ1) is 7.97. The molecule has 6 heteroatoms. The minimum absolute atomic E-state index is 0.108. The van der Waals surface area contributed by atoms with Crippen LogP contribution in [0.3, 0.4) is 0 Å². The number of rotatable bonds is 1. The monoisotopic (exact) mass is 256 g/mol. The Hall–Kier alpha value is -1.69. The van der Waals surface area contributed by atoms with Crippen LogP contribution in [0.15, 0.2) is 18.2 Å². The Morgan fingerprint density at radius 3 is 2.24 bits per heavy atom. The first-order valence-electron chi connectivity index (χ1n) is 4.70. The molecule has 0 fully saturated rings. The molecule has 0 saturated carbocycles. The molecule has 2 rings (SSSR count). The van der Waals surface area contributed by atoms with Crippen molar-refractivity contribution < 1.29 is 13.2 Å². The van der Waals surface area contributed by atoms with Gasteiger partial charge in [0.25, 0.3) is 0 Å². The SMILES string of the molecule is Cc1cc(=S)nc(-c2cc(F)c(F)c(F)c2)[nH]1. The van der Waals surface area contributed by atoms with Crippen molar-refractivity contribution in [2.24, 2.45) is 0 Å². The molecule has 0 amide bonds. The predicted molar refractivity (Wildman–Crippen MR) is 59.5 cm³/mol. The number of benzene rings is 1. The highest BCUT2D eigenvalue weighted by Gasteiger charge is 2.12. The number of hydrogen-bond acceptors (Lipinski definition) is 2. The molecular formula is C11H7F3N2S. The van der Waals surface area contributed by atoms with Crippen LogP contribution in [0, 0.1) is 29.0 Å². The van der Waals surface area contributed by atoms with E-state index in [1.165, 1.54) is 0 Å². The van der Waals surface area contributed by atoms with Gasteiger partial charge in [-0.2, -0.15) is 0 Å². The Bertz CT molecular complexity index is 614. The topological polar surface area (TPSA) is 28.7 Å². The highest BCUT2D eigenvalue weighted by molar-refractivity contribution is 7.71. The van der Waals surface area contributed by atoms with Crippen molar-refractivity contribution in [1.82, 2.24) is 9.97 Å². The molecular weight excluding hydrogens is 249 g/mol. The summed E-state index contributed by atoms with van der Waals surface area (Å²) in [5, 5.41) is 0. The second-order valence-electron chi connectivity index (χ2n) is 3.50. The van der Waals surface area contributed by atoms with Crippen LogP contribution in [0.1, 0.15) is 5.69 Å². The summed E-state index contributed by atoms with van der Waals surface area (Å²) in [6, 6.07) is 3.34. The van der Waals surface area contributed by atoms with Crippen molar-refractivity contribution in [2.75, 3.05) is 0 Å². The minimum Gasteiger partial charge on any atom is -0.343 e. The van der Waals surface area contributed by atoms with Crippen molar-refractivity contribution in [1.29, 1.82) is 0 Å². The molecule has 2 aromatic rings. The summed E-state index contributed by atoms with van der Waals surface area (Å²) in [6.45, 7) is 1.73. The van der Waals surface area contributed by atoms with Crippen LogP contribution in [0.5, 0.6) is 0 Å². The van der Waals surface area contributed by atoms with Gasteiger partial charge < -0.3 is 4.98 Å². The van der Waals surface area contributed by atoms with E-state index in [2.05, 4.69) is 9.97 Å². The van der Waals surface area contributed by atoms with Crippen molar-refractivity contribution in [2.45, 2.75) is 6.92 Å². The van der Waals surface area contributed by atoms with Crippen LogP contribution >= 0.6 is 12.2 Å². The summed E-state index contributed by atoms with van der Waals surface area (Å²) in [5.41, 5.74) is 0.807. The quantitative estimate of drug-likeness (QED) is 0.624. The van der Waals surface area contributed by atoms with Gasteiger partial charge in [0.1, 0.15) is 10.5 Å². The van der Waals surface area contributed by atoms with Gasteiger partial charge in [0.15, 0.2) is 17.5 Å². The Labute approximate surface area is 100 Å². The van der Waals surface area contributed by atoms with E-state index in [9.17, 15) is 13.2 Å². The summed E-state index contributed by atoms with van der Waals surface area (Å²) in [6.07, 6.45) is 0. The van der Waals surface area contributed by atoms with Gasteiger partial charge in [-0.25, -0.2) is 18.2 Å². The lowest BCUT2D eigenvalue weighted by Gasteiger charge is -2.04. The van der Waals surface area contributed by atoms with E-state index in [1.54, 1.807) is 13.0 Å². The van der Waals surface area contributed by atoms with Crippen molar-refractivity contribution in [3.63, 3.8) is 0 Å². The molecule has 0 saturated heterocycles. The molecule has 88 valence electrons. The predicted octanol–water partition coefficient (Wildman–Crippen LogP) is 3.53. The van der Waals surface area contributed by atoms with Crippen LogP contribution in [0.2, 0.25) is 0 Å². The maximum atomic E-state index is 13.0. The summed E-state index contributed by atoms with van der Waals surface area (Å²) in [4.78, 5) is 6.72. The van der Waals surface area contributed by atoms with Crippen LogP contribution in [0.25, 0.3) is 11.4 Å². The molecule has 0 spiro atoms. The zero-order valence-electron chi connectivity index (χ0n) is 8.72. The molecule has 17 heavy (non-hydrogen) atoms. The number of aromatic nitrogens is 2. The summed E-state index contributed by atoms with van der Waals surface area (Å²) in [7, 11) is 0. The minimum atomic E-state index is -1.50. The molecule has 1 aromatic heterocycles. The highest BCUT2D eigenvalue weighted by atomic mass is 32.1. The molecule has 1 aromatic carbocycles. The molecule has 0 aliphatic rings. The molecule has 0 bridgehead atoms. The first-order valence-corrected chi connectivity index (χ1v) is 5.11. The fourth-order valence-electron chi connectivity index (χ4n) is 1.41. The molecule has 1 N–H and O–H groups in total. The zero-order chi connectivity index (χ0) is 12.6. The Balaban J connectivity index is 2.64. The van der Waals surface area contributed by atoms with Crippen molar-refractivity contribution in [3.05, 3.63) is 46.0 Å². The average molecular weight is 256 g/mol. The highest BCUT2D eigenvalue weighted by Crippen LogP contribution is 2.20. The van der Waals surface area contributed by atoms with Gasteiger partial charge in [0, 0.05) is 11.3 Å². The van der Waals surface area contributed by atoms with E-state index in [0.717, 1.165) is 12.1 Å². The van der Waals surface area contributed by atoms with Crippen LogP contribution in [-0.4, -0.2) is 9.97 Å². The van der Waals surface area contributed by atoms with Crippen LogP contribution in [-0.2, 0) is 0 Å². The van der Waals surface area contributed by atoms with E-state index in [-0.39, 0.29) is 11.4 Å². The molecule has 0 aliphatic heterocycles. The molecule has 0 aliphatic carbocycles. The van der Waals surface area contributed by atoms with Crippen LogP contribution in [0.4, 0.5) is 13.2 Å². The van der Waals surface area contributed by atoms with Crippen LogP contribution < -0.4 is 0 Å². The smallest absolute Gasteiger partial charge is 0.194 e. The number of hydrogen-bond donors (Lipinski definition) is 1. The maximum Gasteiger partial charge on any atom is 0.194 e. The molecule has 0 atom stereocenters. The average Bonchev–Trinajstić information content (AvgIpc) is 2.23. The van der Waals surface area contributed by atoms with Crippen molar-refractivity contribution >= 4 is 12.2 Å². The second-order valence-corrected chi connectivity index (χ2v) is 3.92. The molecule has 2 nitrogen and oxygen atoms in total. The van der Waals surface area contributed by atoms with E-state index in [0.29, 0.717) is 10.3 Å². The number of aryl methyl sites for hydroxylation is 1. The third kappa shape index (κ3) is 2.36. The van der Waals surface area contributed by atoms with Gasteiger partial charge in [-0.05, 0) is 25.1 Å². The second kappa shape index (κ2) is 4.29. The maximum absolute atomic E-state index is 13.0. The fourth-order valence-corrected chi connectivity index (χ4v) is 1.68. The lowest BCUT2D eigenvalue weighted by Crippen LogP contribution is -1.96. The van der Waals surface area contributed by atoms with Gasteiger partial charge in [0.2, 0.25) is 0 Å². The van der Waals surface area contributed by atoms with Gasteiger partial charge >= 0.3 is 0 Å². The Morgan fingerprint density at radius 2 is 1.71 bits per heavy atom. The Kier molecular flexibility index (Phi) is 2.97. The zero-order valence-corrected chi connectivity index (χ0v) is 9.54. The number of aromatic amines is 1. The van der Waals surface area contributed by atoms with E-state index in [1.807, 2.05) is 0 Å². The summed E-state index contributed by atoms with van der Waals surface area (Å²) in [5.74, 6) is -3.82. The third-order valence-corrected chi connectivity index (χ3v) is 2.34. The molecule has 0 radical (unpaired) electrons.